The molecule has 0 spiro atoms. The van der Waals surface area contributed by atoms with E-state index in [1.165, 1.54) is 6.92 Å². The van der Waals surface area contributed by atoms with Gasteiger partial charge in [0.15, 0.2) is 5.78 Å². The molecule has 142 valence electrons. The van der Waals surface area contributed by atoms with E-state index < -0.39 is 5.97 Å². The Kier molecular flexibility index (Phi) is 7.55. The first kappa shape index (κ1) is 20.6. The van der Waals surface area contributed by atoms with Gasteiger partial charge < -0.3 is 14.8 Å². The Morgan fingerprint density at radius 2 is 1.70 bits per heavy atom. The molecule has 1 amide bonds. The maximum absolute atomic E-state index is 12.0. The summed E-state index contributed by atoms with van der Waals surface area (Å²) in [5.41, 5.74) is 1.55. The highest BCUT2D eigenvalue weighted by Crippen LogP contribution is 2.21. The van der Waals surface area contributed by atoms with Gasteiger partial charge in [0, 0.05) is 21.2 Å². The van der Waals surface area contributed by atoms with Gasteiger partial charge in [-0.15, -0.1) is 0 Å². The number of nitrogens with one attached hydrogen (secondary N) is 1. The number of esters is 1. The summed E-state index contributed by atoms with van der Waals surface area (Å²) in [5.74, 6) is -0.495. The molecule has 0 aromatic heterocycles. The van der Waals surface area contributed by atoms with Crippen LogP contribution < -0.4 is 10.1 Å². The molecule has 0 aliphatic rings. The van der Waals surface area contributed by atoms with Gasteiger partial charge in [-0.25, -0.2) is 0 Å². The molecule has 2 aromatic carbocycles. The van der Waals surface area contributed by atoms with E-state index in [4.69, 9.17) is 9.47 Å². The topological polar surface area (TPSA) is 81.7 Å². The van der Waals surface area contributed by atoms with E-state index in [1.54, 1.807) is 42.5 Å². The van der Waals surface area contributed by atoms with Gasteiger partial charge in [0.1, 0.15) is 18.9 Å². The molecule has 27 heavy (non-hydrogen) atoms. The molecule has 6 nitrogen and oxygen atoms in total. The lowest BCUT2D eigenvalue weighted by atomic mass is 10.1. The summed E-state index contributed by atoms with van der Waals surface area (Å²) in [7, 11) is 0. The second-order valence-corrected chi connectivity index (χ2v) is 6.58. The number of ketones is 1. The highest BCUT2D eigenvalue weighted by Gasteiger charge is 2.12. The van der Waals surface area contributed by atoms with Crippen LogP contribution in [0.1, 0.15) is 40.1 Å². The quantitative estimate of drug-likeness (QED) is 0.508. The van der Waals surface area contributed by atoms with E-state index in [-0.39, 0.29) is 24.8 Å². The molecule has 0 fully saturated rings. The van der Waals surface area contributed by atoms with E-state index in [1.807, 2.05) is 6.92 Å². The maximum atomic E-state index is 12.0. The summed E-state index contributed by atoms with van der Waals surface area (Å²) in [6, 6.07) is 11.8. The first-order chi connectivity index (χ1) is 12.9. The molecule has 7 heteroatoms. The van der Waals surface area contributed by atoms with Gasteiger partial charge in [-0.3, -0.25) is 14.4 Å². The fourth-order valence-electron chi connectivity index (χ4n) is 2.27. The van der Waals surface area contributed by atoms with Crippen LogP contribution in [0.15, 0.2) is 46.9 Å². The number of halogens is 1. The third-order valence-corrected chi connectivity index (χ3v) is 4.18. The average Bonchev–Trinajstić information content (AvgIpc) is 2.65. The standard InChI is InChI=1S/C20H20BrNO5/c1-3-26-18-9-6-15(13(2)23)10-16(18)12-27-19(24)11-22-20(25)14-4-7-17(21)8-5-14/h4-10H,3,11-12H2,1-2H3,(H,22,25). The Labute approximate surface area is 166 Å². The Hall–Kier alpha value is -2.67. The zero-order valence-corrected chi connectivity index (χ0v) is 16.7. The molecule has 0 aliphatic heterocycles. The number of carbonyl (C=O) groups excluding carboxylic acids is 3. The van der Waals surface area contributed by atoms with Crippen LogP contribution in [-0.4, -0.2) is 30.8 Å². The molecule has 0 bridgehead atoms. The fourth-order valence-corrected chi connectivity index (χ4v) is 2.54. The van der Waals surface area contributed by atoms with Crippen molar-refractivity contribution in [3.8, 4) is 5.75 Å². The van der Waals surface area contributed by atoms with Gasteiger partial charge in [0.2, 0.25) is 0 Å². The number of hydrogen-bond acceptors (Lipinski definition) is 5. The van der Waals surface area contributed by atoms with E-state index in [0.717, 1.165) is 4.47 Å². The van der Waals surface area contributed by atoms with Crippen molar-refractivity contribution in [1.29, 1.82) is 0 Å². The Balaban J connectivity index is 1.92. The van der Waals surface area contributed by atoms with Crippen LogP contribution in [0, 0.1) is 0 Å². The lowest BCUT2D eigenvalue weighted by molar-refractivity contribution is -0.143. The van der Waals surface area contributed by atoms with Crippen molar-refractivity contribution < 1.29 is 23.9 Å². The molecule has 2 rings (SSSR count). The summed E-state index contributed by atoms with van der Waals surface area (Å²) >= 11 is 3.29. The van der Waals surface area contributed by atoms with Crippen molar-refractivity contribution in [3.63, 3.8) is 0 Å². The molecule has 0 saturated heterocycles. The van der Waals surface area contributed by atoms with E-state index in [9.17, 15) is 14.4 Å². The largest absolute Gasteiger partial charge is 0.493 e. The lowest BCUT2D eigenvalue weighted by Gasteiger charge is -2.12. The second-order valence-electron chi connectivity index (χ2n) is 5.66. The second kappa shape index (κ2) is 9.87. The molecule has 0 heterocycles. The zero-order chi connectivity index (χ0) is 19.8. The third-order valence-electron chi connectivity index (χ3n) is 3.66. The predicted octanol–water partition coefficient (Wildman–Crippen LogP) is 3.52. The highest BCUT2D eigenvalue weighted by atomic mass is 79.9. The van der Waals surface area contributed by atoms with Gasteiger partial charge >= 0.3 is 5.97 Å². The number of amides is 1. The summed E-state index contributed by atoms with van der Waals surface area (Å²) in [6.45, 7) is 3.44. The maximum Gasteiger partial charge on any atom is 0.325 e. The predicted molar refractivity (Wildman–Crippen MR) is 104 cm³/mol. The molecule has 0 saturated carbocycles. The lowest BCUT2D eigenvalue weighted by Crippen LogP contribution is -2.30. The summed E-state index contributed by atoms with van der Waals surface area (Å²) < 4.78 is 11.6. The van der Waals surface area contributed by atoms with E-state index >= 15 is 0 Å². The van der Waals surface area contributed by atoms with Crippen molar-refractivity contribution in [2.75, 3.05) is 13.2 Å². The number of benzene rings is 2. The molecule has 0 aliphatic carbocycles. The Bertz CT molecular complexity index is 833. The van der Waals surface area contributed by atoms with Crippen LogP contribution >= 0.6 is 15.9 Å². The van der Waals surface area contributed by atoms with Crippen LogP contribution in [-0.2, 0) is 16.1 Å². The molecule has 1 N–H and O–H groups in total. The van der Waals surface area contributed by atoms with Crippen LogP contribution in [0.2, 0.25) is 0 Å². The van der Waals surface area contributed by atoms with Crippen LogP contribution in [0.3, 0.4) is 0 Å². The van der Waals surface area contributed by atoms with Crippen molar-refractivity contribution in [2.24, 2.45) is 0 Å². The van der Waals surface area contributed by atoms with Gasteiger partial charge in [-0.1, -0.05) is 15.9 Å². The Morgan fingerprint density at radius 1 is 1.04 bits per heavy atom. The zero-order valence-electron chi connectivity index (χ0n) is 15.1. The summed E-state index contributed by atoms with van der Waals surface area (Å²) in [5, 5.41) is 2.51. The number of carbonyl (C=O) groups is 3. The first-order valence-electron chi connectivity index (χ1n) is 8.36. The van der Waals surface area contributed by atoms with Crippen molar-refractivity contribution in [2.45, 2.75) is 20.5 Å². The third kappa shape index (κ3) is 6.21. The van der Waals surface area contributed by atoms with Crippen LogP contribution in [0.25, 0.3) is 0 Å². The minimum atomic E-state index is -0.587. The first-order valence-corrected chi connectivity index (χ1v) is 9.16. The average molecular weight is 434 g/mol. The van der Waals surface area contributed by atoms with Gasteiger partial charge in [-0.2, -0.15) is 0 Å². The van der Waals surface area contributed by atoms with Crippen LogP contribution in [0.5, 0.6) is 5.75 Å². The van der Waals surface area contributed by atoms with Crippen molar-refractivity contribution in [3.05, 3.63) is 63.6 Å². The minimum absolute atomic E-state index is 0.0521. The van der Waals surface area contributed by atoms with Gasteiger partial charge in [0.05, 0.1) is 6.61 Å². The summed E-state index contributed by atoms with van der Waals surface area (Å²) in [6.07, 6.45) is 0. The van der Waals surface area contributed by atoms with Crippen molar-refractivity contribution in [1.82, 2.24) is 5.32 Å². The minimum Gasteiger partial charge on any atom is -0.493 e. The van der Waals surface area contributed by atoms with Crippen LogP contribution in [0.4, 0.5) is 0 Å². The van der Waals surface area contributed by atoms with Crippen molar-refractivity contribution >= 4 is 33.6 Å². The number of ether oxygens (including phenoxy) is 2. The number of hydrogen-bond donors (Lipinski definition) is 1. The smallest absolute Gasteiger partial charge is 0.325 e. The monoisotopic (exact) mass is 433 g/mol. The number of rotatable bonds is 8. The Morgan fingerprint density at radius 3 is 2.33 bits per heavy atom. The molecular weight excluding hydrogens is 414 g/mol. The van der Waals surface area contributed by atoms with E-state index in [0.29, 0.717) is 29.0 Å². The molecule has 0 radical (unpaired) electrons. The normalized spacial score (nSPS) is 10.2. The highest BCUT2D eigenvalue weighted by molar-refractivity contribution is 9.10. The molecule has 0 atom stereocenters. The van der Waals surface area contributed by atoms with Gasteiger partial charge in [-0.05, 0) is 56.3 Å². The number of Topliss-reactive ketones (excluding diaryl/α,β-unsaturated/α-hetero) is 1. The summed E-state index contributed by atoms with van der Waals surface area (Å²) in [4.78, 5) is 35.5. The van der Waals surface area contributed by atoms with E-state index in [2.05, 4.69) is 21.2 Å². The molecular formula is C20H20BrNO5. The SMILES string of the molecule is CCOc1ccc(C(C)=O)cc1COC(=O)CNC(=O)c1ccc(Br)cc1. The molecule has 0 unspecified atom stereocenters. The fraction of sp³-hybridized carbons (Fsp3) is 0.250. The molecule has 2 aromatic rings. The van der Waals surface area contributed by atoms with Gasteiger partial charge in [0.25, 0.3) is 5.91 Å².